The van der Waals surface area contributed by atoms with Crippen molar-refractivity contribution >= 4 is 34.6 Å². The number of hydrogen-bond acceptors (Lipinski definition) is 6. The van der Waals surface area contributed by atoms with E-state index >= 15 is 0 Å². The summed E-state index contributed by atoms with van der Waals surface area (Å²) in [6, 6.07) is 23.8. The molecule has 0 aromatic heterocycles. The van der Waals surface area contributed by atoms with Gasteiger partial charge in [-0.05, 0) is 42.3 Å². The van der Waals surface area contributed by atoms with Crippen LogP contribution in [-0.2, 0) is 10.5 Å². The van der Waals surface area contributed by atoms with Crippen LogP contribution >= 0.6 is 11.8 Å². The van der Waals surface area contributed by atoms with Gasteiger partial charge in [-0.3, -0.25) is 15.1 Å². The van der Waals surface area contributed by atoms with Gasteiger partial charge in [0.1, 0.15) is 11.4 Å². The van der Waals surface area contributed by atoms with Gasteiger partial charge < -0.3 is 4.74 Å². The number of fused-ring (bicyclic) bond motifs is 2. The van der Waals surface area contributed by atoms with Crippen molar-refractivity contribution in [2.24, 2.45) is 10.1 Å². The molecule has 0 aliphatic carbocycles. The highest BCUT2D eigenvalue weighted by molar-refractivity contribution is 8.13. The predicted molar refractivity (Wildman–Crippen MR) is 136 cm³/mol. The number of carbonyl (C=O) groups is 1. The second kappa shape index (κ2) is 9.57. The number of amides is 1. The molecule has 0 fully saturated rings. The van der Waals surface area contributed by atoms with Crippen molar-refractivity contribution in [1.29, 1.82) is 0 Å². The highest BCUT2D eigenvalue weighted by Gasteiger charge is 2.32. The first kappa shape index (κ1) is 22.0. The molecule has 1 atom stereocenters. The molecule has 0 saturated heterocycles. The topological polar surface area (TPSA) is 66.3 Å². The third-order valence-electron chi connectivity index (χ3n) is 5.62. The Hall–Kier alpha value is -3.84. The summed E-state index contributed by atoms with van der Waals surface area (Å²) >= 11 is 1.50. The van der Waals surface area contributed by atoms with Gasteiger partial charge in [-0.15, -0.1) is 5.10 Å². The summed E-state index contributed by atoms with van der Waals surface area (Å²) in [5.41, 5.74) is 3.91. The predicted octanol–water partition coefficient (Wildman–Crippen LogP) is 3.42. The number of thioether (sulfide) groups is 1. The van der Waals surface area contributed by atoms with Crippen LogP contribution in [0.5, 0.6) is 5.75 Å². The monoisotopic (exact) mass is 468 g/mol. The van der Waals surface area contributed by atoms with Crippen molar-refractivity contribution < 1.29 is 9.53 Å². The molecule has 0 unspecified atom stereocenters. The van der Waals surface area contributed by atoms with Crippen LogP contribution in [0.25, 0.3) is 11.8 Å². The van der Waals surface area contributed by atoms with Gasteiger partial charge in [0.25, 0.3) is 5.91 Å². The SMILES string of the molecule is COc1ccc(/C=C/[C@@H]2N=c3ccccc3=C3C(=O)NC(SCc4ccc(C)cc4)=NN32)cc1. The number of benzene rings is 3. The number of hydrazone groups is 1. The van der Waals surface area contributed by atoms with Crippen LogP contribution in [0.2, 0.25) is 0 Å². The van der Waals surface area contributed by atoms with Crippen molar-refractivity contribution in [2.45, 2.75) is 18.8 Å². The number of para-hydroxylation sites is 1. The summed E-state index contributed by atoms with van der Waals surface area (Å²) in [6.07, 6.45) is 3.51. The molecule has 2 aliphatic heterocycles. The quantitative estimate of drug-likeness (QED) is 0.623. The third kappa shape index (κ3) is 4.61. The van der Waals surface area contributed by atoms with Crippen LogP contribution in [0.15, 0.2) is 89.0 Å². The van der Waals surface area contributed by atoms with Gasteiger partial charge in [0.2, 0.25) is 0 Å². The minimum absolute atomic E-state index is 0.174. The van der Waals surface area contributed by atoms with E-state index in [4.69, 9.17) is 14.8 Å². The van der Waals surface area contributed by atoms with Gasteiger partial charge in [-0.2, -0.15) is 0 Å². The molecule has 0 bridgehead atoms. The standard InChI is InChI=1S/C27H24N4O2S/c1-18-7-9-20(10-8-18)17-34-27-29-26(32)25-22-5-3-4-6-23(22)28-24(31(25)30-27)16-13-19-11-14-21(33-2)15-12-19/h3-16,24H,17H2,1-2H3,(H,29,30,32)/b16-13+/t24-/m1/s1. The lowest BCUT2D eigenvalue weighted by molar-refractivity contribution is -0.116. The fourth-order valence-corrected chi connectivity index (χ4v) is 4.60. The fraction of sp³-hybridized carbons (Fsp3) is 0.148. The molecule has 34 heavy (non-hydrogen) atoms. The van der Waals surface area contributed by atoms with Crippen molar-refractivity contribution in [3.8, 4) is 5.75 Å². The van der Waals surface area contributed by atoms with E-state index in [2.05, 4.69) is 36.5 Å². The molecule has 5 rings (SSSR count). The maximum atomic E-state index is 13.2. The molecule has 1 amide bonds. The Bertz CT molecular complexity index is 1400. The first-order valence-electron chi connectivity index (χ1n) is 11.0. The van der Waals surface area contributed by atoms with E-state index in [0.717, 1.165) is 21.9 Å². The molecule has 3 aromatic carbocycles. The Kier molecular flexibility index (Phi) is 6.18. The lowest BCUT2D eigenvalue weighted by Crippen LogP contribution is -2.52. The van der Waals surface area contributed by atoms with E-state index in [1.807, 2.05) is 60.7 Å². The molecule has 3 aromatic rings. The number of rotatable bonds is 5. The van der Waals surface area contributed by atoms with E-state index in [0.29, 0.717) is 16.6 Å². The Balaban J connectivity index is 1.47. The van der Waals surface area contributed by atoms with E-state index in [1.54, 1.807) is 12.1 Å². The zero-order chi connectivity index (χ0) is 23.5. The summed E-state index contributed by atoms with van der Waals surface area (Å²) in [7, 11) is 1.65. The van der Waals surface area contributed by atoms with Crippen LogP contribution in [0.4, 0.5) is 0 Å². The lowest BCUT2D eigenvalue weighted by atomic mass is 10.1. The summed E-state index contributed by atoms with van der Waals surface area (Å²) in [6.45, 7) is 2.07. The number of amidine groups is 1. The molecule has 0 saturated carbocycles. The van der Waals surface area contributed by atoms with Crippen molar-refractivity contribution in [3.05, 3.63) is 106 Å². The Labute approximate surface area is 202 Å². The smallest absolute Gasteiger partial charge is 0.276 e. The molecule has 1 N–H and O–H groups in total. The number of carbonyl (C=O) groups excluding carboxylic acids is 1. The summed E-state index contributed by atoms with van der Waals surface area (Å²) in [5, 5.41) is 11.6. The number of aryl methyl sites for hydroxylation is 1. The van der Waals surface area contributed by atoms with Gasteiger partial charge in [-0.1, -0.05) is 78.0 Å². The highest BCUT2D eigenvalue weighted by Crippen LogP contribution is 2.24. The van der Waals surface area contributed by atoms with Gasteiger partial charge >= 0.3 is 0 Å². The second-order valence-electron chi connectivity index (χ2n) is 8.02. The van der Waals surface area contributed by atoms with Crippen LogP contribution in [0.3, 0.4) is 0 Å². The van der Waals surface area contributed by atoms with Crippen molar-refractivity contribution in [3.63, 3.8) is 0 Å². The zero-order valence-corrected chi connectivity index (χ0v) is 19.8. The molecule has 2 aliphatic rings. The molecular weight excluding hydrogens is 444 g/mol. The molecule has 0 radical (unpaired) electrons. The maximum absolute atomic E-state index is 13.2. The first-order valence-corrected chi connectivity index (χ1v) is 12.0. The summed E-state index contributed by atoms with van der Waals surface area (Å²) in [4.78, 5) is 18.1. The number of ether oxygens (including phenoxy) is 1. The van der Waals surface area contributed by atoms with Crippen molar-refractivity contribution in [2.75, 3.05) is 7.11 Å². The molecule has 6 nitrogen and oxygen atoms in total. The number of nitrogens with zero attached hydrogens (tertiary/aromatic N) is 3. The summed E-state index contributed by atoms with van der Waals surface area (Å²) in [5.74, 6) is 1.34. The second-order valence-corrected chi connectivity index (χ2v) is 8.98. The van der Waals surface area contributed by atoms with E-state index < -0.39 is 6.17 Å². The van der Waals surface area contributed by atoms with Crippen LogP contribution < -0.4 is 20.6 Å². The Morgan fingerprint density at radius 3 is 2.59 bits per heavy atom. The van der Waals surface area contributed by atoms with E-state index in [9.17, 15) is 4.79 Å². The molecule has 7 heteroatoms. The number of nitrogens with one attached hydrogen (secondary N) is 1. The summed E-state index contributed by atoms with van der Waals surface area (Å²) < 4.78 is 5.24. The van der Waals surface area contributed by atoms with Crippen LogP contribution in [0.1, 0.15) is 16.7 Å². The largest absolute Gasteiger partial charge is 0.497 e. The van der Waals surface area contributed by atoms with E-state index in [1.165, 1.54) is 22.9 Å². The Morgan fingerprint density at radius 2 is 1.82 bits per heavy atom. The third-order valence-corrected chi connectivity index (χ3v) is 6.55. The number of hydrogen-bond donors (Lipinski definition) is 1. The molecule has 170 valence electrons. The minimum atomic E-state index is -0.437. The molecule has 0 spiro atoms. The maximum Gasteiger partial charge on any atom is 0.276 e. The van der Waals surface area contributed by atoms with Gasteiger partial charge in [0, 0.05) is 11.0 Å². The first-order chi connectivity index (χ1) is 16.6. The van der Waals surface area contributed by atoms with Crippen LogP contribution in [0, 0.1) is 6.92 Å². The van der Waals surface area contributed by atoms with Gasteiger partial charge in [-0.25, -0.2) is 5.01 Å². The minimum Gasteiger partial charge on any atom is -0.497 e. The normalized spacial score (nSPS) is 16.9. The molecule has 2 heterocycles. The average molecular weight is 469 g/mol. The van der Waals surface area contributed by atoms with Gasteiger partial charge in [0.15, 0.2) is 11.3 Å². The van der Waals surface area contributed by atoms with Crippen LogP contribution in [-0.4, -0.2) is 29.4 Å². The number of methoxy groups -OCH3 is 1. The average Bonchev–Trinajstić information content (AvgIpc) is 2.87. The van der Waals surface area contributed by atoms with Gasteiger partial charge in [0.05, 0.1) is 12.5 Å². The highest BCUT2D eigenvalue weighted by atomic mass is 32.2. The zero-order valence-electron chi connectivity index (χ0n) is 18.9. The van der Waals surface area contributed by atoms with E-state index in [-0.39, 0.29) is 5.91 Å². The molecular formula is C27H24N4O2S. The fourth-order valence-electron chi connectivity index (χ4n) is 3.79. The van der Waals surface area contributed by atoms with Crippen molar-refractivity contribution in [1.82, 2.24) is 10.3 Å². The lowest BCUT2D eigenvalue weighted by Gasteiger charge is -2.32. The Morgan fingerprint density at radius 1 is 1.06 bits per heavy atom.